The molecule has 1 heterocycles. The molecule has 2 aromatic rings. The van der Waals surface area contributed by atoms with Crippen LogP contribution in [0.1, 0.15) is 29.9 Å². The molecule has 0 aromatic heterocycles. The number of piperidine rings is 1. The Kier molecular flexibility index (Phi) is 5.15. The van der Waals surface area contributed by atoms with Crippen molar-refractivity contribution in [3.8, 4) is 0 Å². The molecule has 0 radical (unpaired) electrons. The Morgan fingerprint density at radius 3 is 2.25 bits per heavy atom. The summed E-state index contributed by atoms with van der Waals surface area (Å²) in [6.45, 7) is 1.70. The van der Waals surface area contributed by atoms with Crippen LogP contribution in [-0.2, 0) is 6.18 Å². The molecule has 0 amide bonds. The Bertz CT molecular complexity index is 691. The number of hydrogen-bond acceptors (Lipinski definition) is 2. The SMILES string of the molecule is Fc1cccc(Sc2ccc(C(F)(F)F)cc2)c1C1CCNCC1. The molecule has 1 fully saturated rings. The number of benzene rings is 2. The van der Waals surface area contributed by atoms with E-state index in [0.717, 1.165) is 43.0 Å². The monoisotopic (exact) mass is 355 g/mol. The Labute approximate surface area is 142 Å². The number of hydrogen-bond donors (Lipinski definition) is 1. The maximum atomic E-state index is 14.4. The van der Waals surface area contributed by atoms with Crippen LogP contribution in [0.4, 0.5) is 17.6 Å². The third kappa shape index (κ3) is 3.92. The van der Waals surface area contributed by atoms with Gasteiger partial charge in [-0.2, -0.15) is 13.2 Å². The van der Waals surface area contributed by atoms with Crippen LogP contribution >= 0.6 is 11.8 Å². The molecule has 1 saturated heterocycles. The molecule has 1 aliphatic rings. The minimum absolute atomic E-state index is 0.143. The van der Waals surface area contributed by atoms with Gasteiger partial charge in [-0.25, -0.2) is 4.39 Å². The fourth-order valence-electron chi connectivity index (χ4n) is 2.95. The van der Waals surface area contributed by atoms with Gasteiger partial charge in [-0.15, -0.1) is 0 Å². The first-order chi connectivity index (χ1) is 11.4. The van der Waals surface area contributed by atoms with Gasteiger partial charge in [0.05, 0.1) is 5.56 Å². The Balaban J connectivity index is 1.86. The highest BCUT2D eigenvalue weighted by molar-refractivity contribution is 7.99. The zero-order valence-electron chi connectivity index (χ0n) is 12.9. The fraction of sp³-hybridized carbons (Fsp3) is 0.333. The maximum absolute atomic E-state index is 14.4. The van der Waals surface area contributed by atoms with Crippen LogP contribution in [0.25, 0.3) is 0 Å². The molecular formula is C18H17F4NS. The van der Waals surface area contributed by atoms with Gasteiger partial charge in [0.15, 0.2) is 0 Å². The van der Waals surface area contributed by atoms with Crippen molar-refractivity contribution in [1.29, 1.82) is 0 Å². The highest BCUT2D eigenvalue weighted by Gasteiger charge is 2.30. The molecule has 0 spiro atoms. The van der Waals surface area contributed by atoms with Crippen molar-refractivity contribution >= 4 is 11.8 Å². The van der Waals surface area contributed by atoms with Gasteiger partial charge < -0.3 is 5.32 Å². The zero-order chi connectivity index (χ0) is 17.2. The molecular weight excluding hydrogens is 338 g/mol. The molecule has 0 aliphatic carbocycles. The largest absolute Gasteiger partial charge is 0.416 e. The summed E-state index contributed by atoms with van der Waals surface area (Å²) in [7, 11) is 0. The number of rotatable bonds is 3. The third-order valence-electron chi connectivity index (χ3n) is 4.17. The molecule has 1 nitrogen and oxygen atoms in total. The van der Waals surface area contributed by atoms with E-state index in [2.05, 4.69) is 5.32 Å². The zero-order valence-corrected chi connectivity index (χ0v) is 13.7. The van der Waals surface area contributed by atoms with Gasteiger partial charge in [-0.3, -0.25) is 0 Å². The van der Waals surface area contributed by atoms with Crippen molar-refractivity contribution < 1.29 is 17.6 Å². The first-order valence-corrected chi connectivity index (χ1v) is 8.61. The lowest BCUT2D eigenvalue weighted by molar-refractivity contribution is -0.137. The molecule has 3 rings (SSSR count). The Morgan fingerprint density at radius 1 is 0.958 bits per heavy atom. The van der Waals surface area contributed by atoms with Gasteiger partial charge in [0.1, 0.15) is 5.82 Å². The molecule has 0 bridgehead atoms. The molecule has 128 valence electrons. The van der Waals surface area contributed by atoms with E-state index in [4.69, 9.17) is 0 Å². The first kappa shape index (κ1) is 17.3. The summed E-state index contributed by atoms with van der Waals surface area (Å²) in [5.74, 6) is -0.0942. The first-order valence-electron chi connectivity index (χ1n) is 7.79. The molecule has 6 heteroatoms. The topological polar surface area (TPSA) is 12.0 Å². The van der Waals surface area contributed by atoms with E-state index in [1.54, 1.807) is 6.07 Å². The van der Waals surface area contributed by atoms with Gasteiger partial charge in [0.2, 0.25) is 0 Å². The summed E-state index contributed by atoms with van der Waals surface area (Å²) in [5, 5.41) is 3.26. The highest BCUT2D eigenvalue weighted by Crippen LogP contribution is 2.39. The maximum Gasteiger partial charge on any atom is 0.416 e. The fourth-order valence-corrected chi connectivity index (χ4v) is 4.00. The minimum Gasteiger partial charge on any atom is -0.317 e. The van der Waals surface area contributed by atoms with E-state index in [1.807, 2.05) is 6.07 Å². The summed E-state index contributed by atoms with van der Waals surface area (Å²) < 4.78 is 52.3. The van der Waals surface area contributed by atoms with Gasteiger partial charge in [0.25, 0.3) is 0 Å². The lowest BCUT2D eigenvalue weighted by Crippen LogP contribution is -2.27. The quantitative estimate of drug-likeness (QED) is 0.734. The second kappa shape index (κ2) is 7.15. The lowest BCUT2D eigenvalue weighted by Gasteiger charge is -2.25. The average molecular weight is 355 g/mol. The number of nitrogens with one attached hydrogen (secondary N) is 1. The van der Waals surface area contributed by atoms with Gasteiger partial charge in [0, 0.05) is 15.4 Å². The second-order valence-electron chi connectivity index (χ2n) is 5.80. The molecule has 0 saturated carbocycles. The van der Waals surface area contributed by atoms with Crippen LogP contribution in [0, 0.1) is 5.82 Å². The second-order valence-corrected chi connectivity index (χ2v) is 6.92. The third-order valence-corrected chi connectivity index (χ3v) is 5.25. The standard InChI is InChI=1S/C18H17F4NS/c19-15-2-1-3-16(17(15)12-8-10-23-11-9-12)24-14-6-4-13(5-7-14)18(20,21)22/h1-7,12,23H,8-11H2. The van der Waals surface area contributed by atoms with Crippen LogP contribution in [0.2, 0.25) is 0 Å². The van der Waals surface area contributed by atoms with Crippen molar-refractivity contribution in [1.82, 2.24) is 5.32 Å². The van der Waals surface area contributed by atoms with E-state index in [-0.39, 0.29) is 11.7 Å². The van der Waals surface area contributed by atoms with E-state index in [0.29, 0.717) is 10.5 Å². The predicted octanol–water partition coefficient (Wildman–Crippen LogP) is 5.46. The molecule has 24 heavy (non-hydrogen) atoms. The van der Waals surface area contributed by atoms with Gasteiger partial charge in [-0.05, 0) is 68.2 Å². The normalized spacial score (nSPS) is 16.3. The van der Waals surface area contributed by atoms with Crippen molar-refractivity contribution in [2.75, 3.05) is 13.1 Å². The summed E-state index contributed by atoms with van der Waals surface area (Å²) in [5.41, 5.74) is 0.00793. The van der Waals surface area contributed by atoms with E-state index in [9.17, 15) is 17.6 Å². The van der Waals surface area contributed by atoms with Crippen LogP contribution in [0.15, 0.2) is 52.3 Å². The average Bonchev–Trinajstić information content (AvgIpc) is 2.55. The van der Waals surface area contributed by atoms with Crippen LogP contribution in [0.3, 0.4) is 0 Å². The molecule has 1 N–H and O–H groups in total. The number of alkyl halides is 3. The summed E-state index contributed by atoms with van der Waals surface area (Å²) in [4.78, 5) is 1.45. The van der Waals surface area contributed by atoms with Crippen molar-refractivity contribution in [2.24, 2.45) is 0 Å². The molecule has 0 unspecified atom stereocenters. The van der Waals surface area contributed by atoms with Crippen molar-refractivity contribution in [2.45, 2.75) is 34.7 Å². The van der Waals surface area contributed by atoms with Crippen molar-refractivity contribution in [3.05, 3.63) is 59.4 Å². The van der Waals surface area contributed by atoms with Gasteiger partial charge in [-0.1, -0.05) is 17.8 Å². The highest BCUT2D eigenvalue weighted by atomic mass is 32.2. The lowest BCUT2D eigenvalue weighted by atomic mass is 9.90. The number of halogens is 4. The van der Waals surface area contributed by atoms with Gasteiger partial charge >= 0.3 is 6.18 Å². The molecule has 0 atom stereocenters. The summed E-state index contributed by atoms with van der Waals surface area (Å²) in [6, 6.07) is 9.93. The summed E-state index contributed by atoms with van der Waals surface area (Å²) >= 11 is 1.31. The Morgan fingerprint density at radius 2 is 1.62 bits per heavy atom. The molecule has 1 aliphatic heterocycles. The molecule has 2 aromatic carbocycles. The van der Waals surface area contributed by atoms with Crippen molar-refractivity contribution in [3.63, 3.8) is 0 Å². The van der Waals surface area contributed by atoms with Crippen LogP contribution in [0.5, 0.6) is 0 Å². The predicted molar refractivity (Wildman–Crippen MR) is 86.8 cm³/mol. The Hall–Kier alpha value is -1.53. The smallest absolute Gasteiger partial charge is 0.317 e. The van der Waals surface area contributed by atoms with E-state index in [1.165, 1.54) is 30.0 Å². The minimum atomic E-state index is -4.34. The van der Waals surface area contributed by atoms with E-state index < -0.39 is 11.7 Å². The van der Waals surface area contributed by atoms with Crippen LogP contribution < -0.4 is 5.32 Å². The summed E-state index contributed by atoms with van der Waals surface area (Å²) in [6.07, 6.45) is -2.62. The van der Waals surface area contributed by atoms with E-state index >= 15 is 0 Å². The van der Waals surface area contributed by atoms with Crippen LogP contribution in [-0.4, -0.2) is 13.1 Å².